The smallest absolute Gasteiger partial charge is 0.271 e. The van der Waals surface area contributed by atoms with Crippen molar-refractivity contribution in [2.24, 2.45) is 17.8 Å². The van der Waals surface area contributed by atoms with Crippen molar-refractivity contribution in [2.45, 2.75) is 50.1 Å². The van der Waals surface area contributed by atoms with Gasteiger partial charge in [0, 0.05) is 43.3 Å². The first-order valence-corrected chi connectivity index (χ1v) is 12.7. The predicted molar refractivity (Wildman–Crippen MR) is 127 cm³/mol. The highest BCUT2D eigenvalue weighted by Crippen LogP contribution is 2.50. The van der Waals surface area contributed by atoms with E-state index in [0.29, 0.717) is 19.0 Å². The number of aromatic amines is 1. The van der Waals surface area contributed by atoms with Gasteiger partial charge in [-0.1, -0.05) is 11.6 Å². The normalized spacial score (nSPS) is 27.1. The minimum Gasteiger partial charge on any atom is -0.356 e. The molecule has 1 saturated carbocycles. The predicted octanol–water partition coefficient (Wildman–Crippen LogP) is 3.51. The Morgan fingerprint density at radius 3 is 2.74 bits per heavy atom. The van der Waals surface area contributed by atoms with E-state index in [1.807, 2.05) is 6.07 Å². The van der Waals surface area contributed by atoms with Gasteiger partial charge in [0.05, 0.1) is 11.6 Å². The number of hydrogen-bond donors (Lipinski definition) is 3. The highest BCUT2D eigenvalue weighted by molar-refractivity contribution is 6.35. The maximum absolute atomic E-state index is 14.3. The van der Waals surface area contributed by atoms with Crippen molar-refractivity contribution in [1.29, 1.82) is 5.26 Å². The van der Waals surface area contributed by atoms with E-state index in [4.69, 9.17) is 11.6 Å². The quantitative estimate of drug-likeness (QED) is 0.388. The van der Waals surface area contributed by atoms with Gasteiger partial charge in [-0.25, -0.2) is 17.6 Å². The fraction of sp³-hybridized carbons (Fsp3) is 0.520. The summed E-state index contributed by atoms with van der Waals surface area (Å²) in [5, 5.41) is 14.3. The Bertz CT molecular complexity index is 1360. The largest absolute Gasteiger partial charge is 0.356 e. The number of benzene rings is 1. The van der Waals surface area contributed by atoms with Crippen LogP contribution < -0.4 is 10.6 Å². The van der Waals surface area contributed by atoms with Crippen LogP contribution in [0.25, 0.3) is 10.9 Å². The Labute approximate surface area is 219 Å². The molecule has 5 rings (SSSR count). The minimum atomic E-state index is -3.01. The lowest BCUT2D eigenvalue weighted by Crippen LogP contribution is -2.52. The Balaban J connectivity index is 1.41. The molecule has 0 bridgehead atoms. The molecular formula is C25H24ClF4N5O3. The number of likely N-dealkylation sites (tertiary alicyclic amines) is 1. The number of nitrogens with zero attached hydrogens (tertiary/aromatic N) is 2. The zero-order valence-electron chi connectivity index (χ0n) is 20.0. The molecule has 2 aromatic rings. The second kappa shape index (κ2) is 9.76. The van der Waals surface area contributed by atoms with Crippen molar-refractivity contribution in [2.75, 3.05) is 13.1 Å². The molecule has 1 aromatic heterocycles. The van der Waals surface area contributed by atoms with Crippen LogP contribution in [0.2, 0.25) is 5.02 Å². The highest BCUT2D eigenvalue weighted by Gasteiger charge is 2.58. The lowest BCUT2D eigenvalue weighted by molar-refractivity contribution is -0.129. The first-order chi connectivity index (χ1) is 18.0. The van der Waals surface area contributed by atoms with Crippen LogP contribution in [0.1, 0.15) is 42.6 Å². The monoisotopic (exact) mass is 553 g/mol. The number of alkyl halides is 2. The summed E-state index contributed by atoms with van der Waals surface area (Å²) in [5.41, 5.74) is -0.332. The number of rotatable bonds is 5. The third-order valence-corrected chi connectivity index (χ3v) is 8.15. The van der Waals surface area contributed by atoms with E-state index in [1.165, 1.54) is 0 Å². The van der Waals surface area contributed by atoms with Crippen molar-refractivity contribution in [3.63, 3.8) is 0 Å². The molecule has 202 valence electrons. The van der Waals surface area contributed by atoms with Crippen LogP contribution in [0.5, 0.6) is 0 Å². The zero-order chi connectivity index (χ0) is 27.4. The summed E-state index contributed by atoms with van der Waals surface area (Å²) in [4.78, 5) is 42.8. The molecule has 2 aliphatic heterocycles. The number of nitriles is 1. The van der Waals surface area contributed by atoms with Gasteiger partial charge in [-0.3, -0.25) is 14.4 Å². The maximum Gasteiger partial charge on any atom is 0.271 e. The van der Waals surface area contributed by atoms with Crippen LogP contribution in [-0.4, -0.2) is 58.7 Å². The summed E-state index contributed by atoms with van der Waals surface area (Å²) < 4.78 is 56.8. The van der Waals surface area contributed by atoms with E-state index in [0.717, 1.165) is 17.4 Å². The Kier molecular flexibility index (Phi) is 6.75. The number of piperidine rings is 1. The Morgan fingerprint density at radius 2 is 2.03 bits per heavy atom. The molecule has 0 unspecified atom stereocenters. The Hall–Kier alpha value is -3.33. The zero-order valence-corrected chi connectivity index (χ0v) is 20.8. The van der Waals surface area contributed by atoms with Crippen molar-refractivity contribution in [1.82, 2.24) is 20.5 Å². The van der Waals surface area contributed by atoms with Gasteiger partial charge in [0.2, 0.25) is 17.7 Å². The summed E-state index contributed by atoms with van der Waals surface area (Å²) in [5.74, 6) is -8.77. The van der Waals surface area contributed by atoms with E-state index in [-0.39, 0.29) is 35.5 Å². The average Bonchev–Trinajstić information content (AvgIpc) is 3.53. The highest BCUT2D eigenvalue weighted by atomic mass is 35.5. The van der Waals surface area contributed by atoms with Gasteiger partial charge in [-0.05, 0) is 37.2 Å². The van der Waals surface area contributed by atoms with E-state index >= 15 is 0 Å². The molecule has 3 N–H and O–H groups in total. The summed E-state index contributed by atoms with van der Waals surface area (Å²) in [6.07, 6.45) is 0.203. The number of H-pyrrole nitrogens is 1. The number of carbonyl (C=O) groups is 3. The molecule has 1 aromatic carbocycles. The van der Waals surface area contributed by atoms with Gasteiger partial charge < -0.3 is 20.5 Å². The summed E-state index contributed by atoms with van der Waals surface area (Å²) in [6, 6.07) is 1.28. The molecule has 8 nitrogen and oxygen atoms in total. The minimum absolute atomic E-state index is 0.0460. The number of nitrogens with one attached hydrogen (secondary N) is 3. The van der Waals surface area contributed by atoms with E-state index < -0.39 is 77.1 Å². The molecule has 13 heteroatoms. The maximum atomic E-state index is 14.3. The fourth-order valence-corrected chi connectivity index (χ4v) is 6.25. The second-order valence-electron chi connectivity index (χ2n) is 10.3. The van der Waals surface area contributed by atoms with Crippen molar-refractivity contribution < 1.29 is 31.9 Å². The molecule has 3 fully saturated rings. The van der Waals surface area contributed by atoms with Crippen molar-refractivity contribution >= 4 is 40.2 Å². The molecule has 1 aliphatic carbocycles. The van der Waals surface area contributed by atoms with Gasteiger partial charge in [-0.15, -0.1) is 0 Å². The van der Waals surface area contributed by atoms with E-state index in [2.05, 4.69) is 15.6 Å². The van der Waals surface area contributed by atoms with Crippen molar-refractivity contribution in [3.8, 4) is 6.07 Å². The SMILES string of the molecule is N#C[C@@H](C[C@H]1CCCNC1=O)NC(=O)[C@H]1[C@H]2CC(F)(F)C[C@H]2CN1C(=O)c1cc2c(F)cc(F)c(Cl)c2[nH]1. The molecule has 0 radical (unpaired) electrons. The first-order valence-electron chi connectivity index (χ1n) is 12.3. The Morgan fingerprint density at radius 1 is 1.26 bits per heavy atom. The fourth-order valence-electron chi connectivity index (χ4n) is 6.05. The average molecular weight is 554 g/mol. The summed E-state index contributed by atoms with van der Waals surface area (Å²) in [6.45, 7) is 0.379. The van der Waals surface area contributed by atoms with Gasteiger partial charge in [0.25, 0.3) is 5.91 Å². The number of fused-ring (bicyclic) bond motifs is 2. The van der Waals surface area contributed by atoms with Crippen LogP contribution >= 0.6 is 11.6 Å². The lowest BCUT2D eigenvalue weighted by Gasteiger charge is -2.29. The molecule has 3 amide bonds. The molecule has 3 aliphatic rings. The lowest BCUT2D eigenvalue weighted by atomic mass is 9.90. The molecule has 0 spiro atoms. The number of hydrogen-bond acceptors (Lipinski definition) is 4. The van der Waals surface area contributed by atoms with Crippen LogP contribution in [0, 0.1) is 40.7 Å². The van der Waals surface area contributed by atoms with Gasteiger partial charge >= 0.3 is 0 Å². The molecule has 38 heavy (non-hydrogen) atoms. The van der Waals surface area contributed by atoms with E-state index in [9.17, 15) is 37.2 Å². The summed E-state index contributed by atoms with van der Waals surface area (Å²) >= 11 is 5.92. The molecule has 2 saturated heterocycles. The van der Waals surface area contributed by atoms with Crippen LogP contribution in [-0.2, 0) is 9.59 Å². The molecule has 3 heterocycles. The second-order valence-corrected chi connectivity index (χ2v) is 10.7. The van der Waals surface area contributed by atoms with Gasteiger partial charge in [0.15, 0.2) is 0 Å². The number of amides is 3. The van der Waals surface area contributed by atoms with Crippen molar-refractivity contribution in [3.05, 3.63) is 34.5 Å². The summed E-state index contributed by atoms with van der Waals surface area (Å²) in [7, 11) is 0. The third-order valence-electron chi connectivity index (χ3n) is 7.78. The number of halogens is 5. The number of aromatic nitrogens is 1. The first kappa shape index (κ1) is 26.3. The third kappa shape index (κ3) is 4.68. The molecule has 5 atom stereocenters. The standard InChI is InChI=1S/C25H24ClF4N5O3/c26-19-17(28)6-16(27)14-5-18(34-20(14)19)24(38)35-10-12-7-25(29,30)8-15(12)21(35)23(37)33-13(9-31)4-11-2-1-3-32-22(11)36/h5-6,11-13,15,21,34H,1-4,7-8,10H2,(H,32,36)(H,33,37)/t11-,12+,13-,15+,21-/m1/s1. The van der Waals surface area contributed by atoms with Gasteiger partial charge in [-0.2, -0.15) is 5.26 Å². The van der Waals surface area contributed by atoms with Crippen LogP contribution in [0.3, 0.4) is 0 Å². The topological polar surface area (TPSA) is 118 Å². The molecular weight excluding hydrogens is 530 g/mol. The van der Waals surface area contributed by atoms with Gasteiger partial charge in [0.1, 0.15) is 34.4 Å². The van der Waals surface area contributed by atoms with Crippen LogP contribution in [0.4, 0.5) is 17.6 Å². The van der Waals surface area contributed by atoms with E-state index in [1.54, 1.807) is 0 Å². The van der Waals surface area contributed by atoms with Crippen LogP contribution in [0.15, 0.2) is 12.1 Å². The number of carbonyl (C=O) groups excluding carboxylic acids is 3.